The molecule has 2 unspecified atom stereocenters. The Bertz CT molecular complexity index is 269. The molecule has 0 aromatic carbocycles. The van der Waals surface area contributed by atoms with E-state index in [0.29, 0.717) is 6.04 Å². The van der Waals surface area contributed by atoms with Gasteiger partial charge in [-0.2, -0.15) is 13.2 Å². The van der Waals surface area contributed by atoms with Crippen molar-refractivity contribution in [2.75, 3.05) is 26.2 Å². The van der Waals surface area contributed by atoms with Crippen LogP contribution in [0.1, 0.15) is 25.7 Å². The van der Waals surface area contributed by atoms with Gasteiger partial charge in [-0.15, -0.1) is 0 Å². The van der Waals surface area contributed by atoms with Crippen LogP contribution in [-0.2, 0) is 0 Å². The molecule has 6 heteroatoms. The zero-order valence-corrected chi connectivity index (χ0v) is 9.89. The first-order valence-electron chi connectivity index (χ1n) is 6.20. The van der Waals surface area contributed by atoms with Gasteiger partial charge in [0.1, 0.15) is 0 Å². The highest BCUT2D eigenvalue weighted by Crippen LogP contribution is 2.33. The number of alkyl halides is 3. The van der Waals surface area contributed by atoms with Crippen LogP contribution in [0.2, 0.25) is 0 Å². The van der Waals surface area contributed by atoms with E-state index in [-0.39, 0.29) is 6.54 Å². The minimum Gasteiger partial charge on any atom is -0.329 e. The van der Waals surface area contributed by atoms with Crippen LogP contribution in [0.4, 0.5) is 13.2 Å². The van der Waals surface area contributed by atoms with Crippen LogP contribution in [0.5, 0.6) is 0 Å². The maximum atomic E-state index is 12.3. The molecule has 2 saturated heterocycles. The Hall–Kier alpha value is -0.330. The summed E-state index contributed by atoms with van der Waals surface area (Å²) >= 11 is 0. The van der Waals surface area contributed by atoms with Crippen LogP contribution < -0.4 is 11.1 Å². The summed E-state index contributed by atoms with van der Waals surface area (Å²) in [4.78, 5) is 2.38. The molecule has 2 fully saturated rings. The molecule has 3 N–H and O–H groups in total. The lowest BCUT2D eigenvalue weighted by Gasteiger charge is -2.44. The predicted molar refractivity (Wildman–Crippen MR) is 59.7 cm³/mol. The minimum atomic E-state index is -4.16. The topological polar surface area (TPSA) is 41.3 Å². The third kappa shape index (κ3) is 3.11. The molecule has 2 rings (SSSR count). The Morgan fingerprint density at radius 1 is 1.35 bits per heavy atom. The molecule has 2 aliphatic heterocycles. The first-order chi connectivity index (χ1) is 7.94. The summed E-state index contributed by atoms with van der Waals surface area (Å²) in [5.41, 5.74) is 5.19. The minimum absolute atomic E-state index is 0.285. The number of nitrogens with zero attached hydrogens (tertiary/aromatic N) is 1. The van der Waals surface area contributed by atoms with Crippen LogP contribution in [-0.4, -0.2) is 48.8 Å². The van der Waals surface area contributed by atoms with Gasteiger partial charge in [0.15, 0.2) is 0 Å². The first-order valence-corrected chi connectivity index (χ1v) is 6.20. The zero-order chi connectivity index (χ0) is 12.5. The Morgan fingerprint density at radius 3 is 2.76 bits per heavy atom. The summed E-state index contributed by atoms with van der Waals surface area (Å²) in [7, 11) is 0. The smallest absolute Gasteiger partial charge is 0.329 e. The van der Waals surface area contributed by atoms with E-state index in [0.717, 1.165) is 38.8 Å². The van der Waals surface area contributed by atoms with Gasteiger partial charge in [-0.1, -0.05) is 0 Å². The molecule has 2 heterocycles. The van der Waals surface area contributed by atoms with Crippen molar-refractivity contribution in [2.45, 2.75) is 43.4 Å². The Labute approximate surface area is 99.5 Å². The summed E-state index contributed by atoms with van der Waals surface area (Å²) in [6.45, 7) is 1.31. The second-order valence-corrected chi connectivity index (χ2v) is 5.24. The fourth-order valence-electron chi connectivity index (χ4n) is 3.04. The summed E-state index contributed by atoms with van der Waals surface area (Å²) in [5.74, 6) is 0. The Balaban J connectivity index is 1.95. The molecule has 17 heavy (non-hydrogen) atoms. The van der Waals surface area contributed by atoms with Crippen molar-refractivity contribution in [1.82, 2.24) is 10.2 Å². The van der Waals surface area contributed by atoms with Gasteiger partial charge in [-0.3, -0.25) is 0 Å². The average Bonchev–Trinajstić information content (AvgIpc) is 2.72. The predicted octanol–water partition coefficient (Wildman–Crippen LogP) is 1.09. The van der Waals surface area contributed by atoms with Crippen molar-refractivity contribution in [3.63, 3.8) is 0 Å². The van der Waals surface area contributed by atoms with E-state index in [1.807, 2.05) is 0 Å². The fraction of sp³-hybridized carbons (Fsp3) is 1.00. The van der Waals surface area contributed by atoms with E-state index >= 15 is 0 Å². The number of fused-ring (bicyclic) bond motifs is 1. The molecular weight excluding hydrogens is 231 g/mol. The molecule has 0 saturated carbocycles. The van der Waals surface area contributed by atoms with Gasteiger partial charge in [0, 0.05) is 24.7 Å². The summed E-state index contributed by atoms with van der Waals surface area (Å²) in [6.07, 6.45) is -0.440. The molecule has 100 valence electrons. The first kappa shape index (κ1) is 13.1. The summed E-state index contributed by atoms with van der Waals surface area (Å²) < 4.78 is 36.8. The van der Waals surface area contributed by atoms with E-state index in [1.165, 1.54) is 0 Å². The number of rotatable bonds is 3. The largest absolute Gasteiger partial charge is 0.401 e. The molecule has 3 nitrogen and oxygen atoms in total. The second-order valence-electron chi connectivity index (χ2n) is 5.24. The Kier molecular flexibility index (Phi) is 3.66. The van der Waals surface area contributed by atoms with Gasteiger partial charge in [-0.05, 0) is 32.2 Å². The average molecular weight is 251 g/mol. The second kappa shape index (κ2) is 4.74. The lowest BCUT2D eigenvalue weighted by Crippen LogP contribution is -2.60. The normalized spacial score (nSPS) is 34.9. The van der Waals surface area contributed by atoms with Crippen molar-refractivity contribution >= 4 is 0 Å². The van der Waals surface area contributed by atoms with Gasteiger partial charge >= 0.3 is 6.18 Å². The molecule has 0 amide bonds. The molecule has 0 aromatic heterocycles. The molecule has 0 spiro atoms. The molecule has 0 aromatic rings. The zero-order valence-electron chi connectivity index (χ0n) is 9.89. The maximum Gasteiger partial charge on any atom is 0.401 e. The third-order valence-corrected chi connectivity index (χ3v) is 4.06. The lowest BCUT2D eigenvalue weighted by molar-refractivity contribution is -0.130. The van der Waals surface area contributed by atoms with E-state index in [2.05, 4.69) is 10.2 Å². The summed E-state index contributed by atoms with van der Waals surface area (Å²) in [5, 5.41) is 2.66. The van der Waals surface area contributed by atoms with E-state index in [4.69, 9.17) is 5.73 Å². The van der Waals surface area contributed by atoms with Crippen molar-refractivity contribution < 1.29 is 13.2 Å². The van der Waals surface area contributed by atoms with Crippen molar-refractivity contribution in [1.29, 1.82) is 0 Å². The highest BCUT2D eigenvalue weighted by molar-refractivity contribution is 5.00. The number of hydrogen-bond acceptors (Lipinski definition) is 3. The standard InChI is InChI=1S/C11H20F3N3/c12-11(13,14)8-16-10(7-15)3-5-17-4-1-2-9(17)6-10/h9,16H,1-8,15H2. The van der Waals surface area contributed by atoms with E-state index < -0.39 is 18.3 Å². The number of piperidine rings is 1. The van der Waals surface area contributed by atoms with Gasteiger partial charge < -0.3 is 16.0 Å². The van der Waals surface area contributed by atoms with Gasteiger partial charge in [0.05, 0.1) is 6.54 Å². The SMILES string of the molecule is NCC1(NCC(F)(F)F)CCN2CCCC2C1. The number of hydrogen-bond donors (Lipinski definition) is 2. The highest BCUT2D eigenvalue weighted by Gasteiger charge is 2.42. The summed E-state index contributed by atoms with van der Waals surface area (Å²) in [6, 6.07) is 0.424. The fourth-order valence-corrected chi connectivity index (χ4v) is 3.04. The van der Waals surface area contributed by atoms with Crippen molar-refractivity contribution in [3.8, 4) is 0 Å². The molecule has 0 radical (unpaired) electrons. The number of halogens is 3. The van der Waals surface area contributed by atoms with Crippen LogP contribution in [0, 0.1) is 0 Å². The van der Waals surface area contributed by atoms with Gasteiger partial charge in [0.25, 0.3) is 0 Å². The van der Waals surface area contributed by atoms with Crippen molar-refractivity contribution in [2.24, 2.45) is 5.73 Å². The Morgan fingerprint density at radius 2 is 2.12 bits per heavy atom. The number of nitrogens with two attached hydrogens (primary N) is 1. The molecular formula is C11H20F3N3. The maximum absolute atomic E-state index is 12.3. The van der Waals surface area contributed by atoms with Crippen molar-refractivity contribution in [3.05, 3.63) is 0 Å². The van der Waals surface area contributed by atoms with Crippen LogP contribution in [0.3, 0.4) is 0 Å². The van der Waals surface area contributed by atoms with E-state index in [1.54, 1.807) is 0 Å². The van der Waals surface area contributed by atoms with Crippen LogP contribution in [0.25, 0.3) is 0 Å². The van der Waals surface area contributed by atoms with Crippen LogP contribution >= 0.6 is 0 Å². The number of nitrogens with one attached hydrogen (secondary N) is 1. The molecule has 2 atom stereocenters. The van der Waals surface area contributed by atoms with Gasteiger partial charge in [-0.25, -0.2) is 0 Å². The quantitative estimate of drug-likeness (QED) is 0.789. The molecule has 0 bridgehead atoms. The monoisotopic (exact) mass is 251 g/mol. The highest BCUT2D eigenvalue weighted by atomic mass is 19.4. The third-order valence-electron chi connectivity index (χ3n) is 4.06. The molecule has 0 aliphatic carbocycles. The van der Waals surface area contributed by atoms with Crippen LogP contribution in [0.15, 0.2) is 0 Å². The van der Waals surface area contributed by atoms with E-state index in [9.17, 15) is 13.2 Å². The molecule has 2 aliphatic rings. The lowest BCUT2D eigenvalue weighted by atomic mass is 9.83. The van der Waals surface area contributed by atoms with Gasteiger partial charge in [0.2, 0.25) is 0 Å².